The third kappa shape index (κ3) is 6.02. The van der Waals surface area contributed by atoms with Gasteiger partial charge in [0, 0.05) is 37.1 Å². The molecule has 4 rings (SSSR count). The summed E-state index contributed by atoms with van der Waals surface area (Å²) in [4.78, 5) is 27.6. The Morgan fingerprint density at radius 3 is 2.22 bits per heavy atom. The average Bonchev–Trinajstić information content (AvgIpc) is 3.32. The van der Waals surface area contributed by atoms with Crippen molar-refractivity contribution in [2.24, 2.45) is 0 Å². The molecule has 1 aromatic heterocycles. The number of rotatable bonds is 8. The number of anilines is 1. The number of hydrogen-bond donors (Lipinski definition) is 1. The molecular weight excluding hydrogens is 514 g/mol. The Morgan fingerprint density at radius 2 is 1.62 bits per heavy atom. The summed E-state index contributed by atoms with van der Waals surface area (Å²) in [5.41, 5.74) is 2.74. The SMILES string of the molecule is COC(=O)c1c(-c2ccc(OC)cc2)csc1NC(=O)CN1CCN(S(=O)(=O)c2ccc(C)cc2)CC1. The second-order valence-corrected chi connectivity index (χ2v) is 11.4. The minimum absolute atomic E-state index is 0.0782. The molecule has 0 unspecified atom stereocenters. The summed E-state index contributed by atoms with van der Waals surface area (Å²) in [6.45, 7) is 3.40. The summed E-state index contributed by atoms with van der Waals surface area (Å²) in [5, 5.41) is 5.05. The van der Waals surface area contributed by atoms with Crippen LogP contribution in [0.1, 0.15) is 15.9 Å². The van der Waals surface area contributed by atoms with Gasteiger partial charge in [-0.05, 0) is 36.8 Å². The third-order valence-electron chi connectivity index (χ3n) is 6.19. The molecule has 0 radical (unpaired) electrons. The van der Waals surface area contributed by atoms with Crippen LogP contribution in [-0.4, -0.2) is 76.4 Å². The second-order valence-electron chi connectivity index (χ2n) is 8.62. The first-order valence-electron chi connectivity index (χ1n) is 11.7. The van der Waals surface area contributed by atoms with Crippen molar-refractivity contribution >= 4 is 38.2 Å². The quantitative estimate of drug-likeness (QED) is 0.434. The van der Waals surface area contributed by atoms with Gasteiger partial charge in [0.25, 0.3) is 0 Å². The highest BCUT2D eigenvalue weighted by Crippen LogP contribution is 2.36. The van der Waals surface area contributed by atoms with Crippen LogP contribution in [0.2, 0.25) is 0 Å². The van der Waals surface area contributed by atoms with Gasteiger partial charge in [-0.2, -0.15) is 4.31 Å². The Hall–Kier alpha value is -3.25. The first-order chi connectivity index (χ1) is 17.7. The van der Waals surface area contributed by atoms with Crippen LogP contribution >= 0.6 is 11.3 Å². The maximum atomic E-state index is 12.9. The van der Waals surface area contributed by atoms with Crippen molar-refractivity contribution in [1.82, 2.24) is 9.21 Å². The maximum Gasteiger partial charge on any atom is 0.341 e. The summed E-state index contributed by atoms with van der Waals surface area (Å²) in [5.74, 6) is -0.140. The fraction of sp³-hybridized carbons (Fsp3) is 0.308. The minimum Gasteiger partial charge on any atom is -0.497 e. The topological polar surface area (TPSA) is 105 Å². The third-order valence-corrected chi connectivity index (χ3v) is 9.00. The molecule has 11 heteroatoms. The molecule has 196 valence electrons. The summed E-state index contributed by atoms with van der Waals surface area (Å²) < 4.78 is 37.5. The maximum absolute atomic E-state index is 12.9. The van der Waals surface area contributed by atoms with Gasteiger partial charge < -0.3 is 14.8 Å². The Morgan fingerprint density at radius 1 is 0.973 bits per heavy atom. The van der Waals surface area contributed by atoms with Crippen LogP contribution in [0.5, 0.6) is 5.75 Å². The molecule has 1 aliphatic rings. The number of esters is 1. The molecule has 0 bridgehead atoms. The summed E-state index contributed by atoms with van der Waals surface area (Å²) in [6.07, 6.45) is 0. The van der Waals surface area contributed by atoms with E-state index in [4.69, 9.17) is 9.47 Å². The van der Waals surface area contributed by atoms with Gasteiger partial charge in [0.05, 0.1) is 25.7 Å². The number of amides is 1. The van der Waals surface area contributed by atoms with E-state index < -0.39 is 16.0 Å². The van der Waals surface area contributed by atoms with Crippen LogP contribution in [0.4, 0.5) is 5.00 Å². The Bertz CT molecular complexity index is 1360. The number of carbonyl (C=O) groups excluding carboxylic acids is 2. The number of aryl methyl sites for hydroxylation is 1. The normalized spacial score (nSPS) is 14.8. The van der Waals surface area contributed by atoms with E-state index in [2.05, 4.69) is 5.32 Å². The molecule has 0 saturated carbocycles. The second kappa shape index (κ2) is 11.4. The van der Waals surface area contributed by atoms with Crippen LogP contribution in [0.3, 0.4) is 0 Å². The van der Waals surface area contributed by atoms with Crippen LogP contribution in [0.15, 0.2) is 58.8 Å². The zero-order valence-electron chi connectivity index (χ0n) is 20.9. The monoisotopic (exact) mass is 543 g/mol. The number of carbonyl (C=O) groups is 2. The van der Waals surface area contributed by atoms with Crippen molar-refractivity contribution in [3.63, 3.8) is 0 Å². The fourth-order valence-electron chi connectivity index (χ4n) is 4.09. The number of thiophene rings is 1. The molecule has 2 heterocycles. The molecule has 1 fully saturated rings. The van der Waals surface area contributed by atoms with Crippen LogP contribution in [0, 0.1) is 6.92 Å². The molecule has 0 spiro atoms. The molecule has 37 heavy (non-hydrogen) atoms. The number of benzene rings is 2. The van der Waals surface area contributed by atoms with Crippen molar-refractivity contribution in [2.75, 3.05) is 52.3 Å². The summed E-state index contributed by atoms with van der Waals surface area (Å²) in [7, 11) is -0.698. The van der Waals surface area contributed by atoms with Gasteiger partial charge in [0.2, 0.25) is 15.9 Å². The molecule has 1 aliphatic heterocycles. The van der Waals surface area contributed by atoms with Gasteiger partial charge in [-0.15, -0.1) is 11.3 Å². The lowest BCUT2D eigenvalue weighted by atomic mass is 10.0. The van der Waals surface area contributed by atoms with Crippen molar-refractivity contribution in [2.45, 2.75) is 11.8 Å². The van der Waals surface area contributed by atoms with Gasteiger partial charge in [-0.25, -0.2) is 13.2 Å². The highest BCUT2D eigenvalue weighted by Gasteiger charge is 2.29. The van der Waals surface area contributed by atoms with Crippen LogP contribution in [0.25, 0.3) is 11.1 Å². The van der Waals surface area contributed by atoms with E-state index in [9.17, 15) is 18.0 Å². The van der Waals surface area contributed by atoms with Gasteiger partial charge in [0.1, 0.15) is 16.3 Å². The van der Waals surface area contributed by atoms with Crippen molar-refractivity contribution in [3.05, 3.63) is 65.0 Å². The van der Waals surface area contributed by atoms with Crippen LogP contribution < -0.4 is 10.1 Å². The van der Waals surface area contributed by atoms with Crippen molar-refractivity contribution < 1.29 is 27.5 Å². The van der Waals surface area contributed by atoms with Gasteiger partial charge in [-0.1, -0.05) is 29.8 Å². The predicted octanol–water partition coefficient (Wildman–Crippen LogP) is 3.46. The van der Waals surface area contributed by atoms with E-state index in [1.807, 2.05) is 24.0 Å². The standard InChI is InChI=1S/C26H29N3O6S2/c1-18-4-10-21(11-5-18)37(32,33)29-14-12-28(13-15-29)16-23(30)27-25-24(26(31)35-3)22(17-36-25)19-6-8-20(34-2)9-7-19/h4-11,17H,12-16H2,1-3H3,(H,27,30). The van der Waals surface area contributed by atoms with E-state index >= 15 is 0 Å². The fourth-order valence-corrected chi connectivity index (χ4v) is 6.49. The largest absolute Gasteiger partial charge is 0.497 e. The molecule has 9 nitrogen and oxygen atoms in total. The minimum atomic E-state index is -3.58. The lowest BCUT2D eigenvalue weighted by Gasteiger charge is -2.33. The summed E-state index contributed by atoms with van der Waals surface area (Å²) >= 11 is 1.25. The number of ether oxygens (including phenoxy) is 2. The van der Waals surface area contributed by atoms with E-state index in [0.29, 0.717) is 35.0 Å². The number of hydrogen-bond acceptors (Lipinski definition) is 8. The van der Waals surface area contributed by atoms with Crippen molar-refractivity contribution in [1.29, 1.82) is 0 Å². The number of nitrogens with zero attached hydrogens (tertiary/aromatic N) is 2. The number of sulfonamides is 1. The van der Waals surface area contributed by atoms with Gasteiger partial charge in [0.15, 0.2) is 0 Å². The molecule has 0 atom stereocenters. The van der Waals surface area contributed by atoms with Gasteiger partial charge >= 0.3 is 5.97 Å². The first kappa shape index (κ1) is 26.8. The van der Waals surface area contributed by atoms with Crippen molar-refractivity contribution in [3.8, 4) is 16.9 Å². The molecular formula is C26H29N3O6S2. The van der Waals surface area contributed by atoms with E-state index in [-0.39, 0.29) is 30.4 Å². The predicted molar refractivity (Wildman–Crippen MR) is 143 cm³/mol. The Balaban J connectivity index is 1.40. The van der Waals surface area contributed by atoms with E-state index in [1.165, 1.54) is 22.8 Å². The molecule has 1 amide bonds. The summed E-state index contributed by atoms with van der Waals surface area (Å²) in [6, 6.07) is 14.1. The van der Waals surface area contributed by atoms with E-state index in [1.54, 1.807) is 48.9 Å². The average molecular weight is 544 g/mol. The first-order valence-corrected chi connectivity index (χ1v) is 14.0. The molecule has 1 N–H and O–H groups in total. The number of piperazine rings is 1. The lowest BCUT2D eigenvalue weighted by Crippen LogP contribution is -2.50. The lowest BCUT2D eigenvalue weighted by molar-refractivity contribution is -0.117. The number of methoxy groups -OCH3 is 2. The molecule has 0 aliphatic carbocycles. The zero-order chi connectivity index (χ0) is 26.6. The highest BCUT2D eigenvalue weighted by molar-refractivity contribution is 7.89. The van der Waals surface area contributed by atoms with Gasteiger partial charge in [-0.3, -0.25) is 9.69 Å². The Labute approximate surface area is 220 Å². The van der Waals surface area contributed by atoms with E-state index in [0.717, 1.165) is 11.1 Å². The van der Waals surface area contributed by atoms with Crippen LogP contribution in [-0.2, 0) is 19.6 Å². The molecule has 1 saturated heterocycles. The zero-order valence-corrected chi connectivity index (χ0v) is 22.5. The Kier molecular flexibility index (Phi) is 8.28. The molecule has 2 aromatic carbocycles. The highest BCUT2D eigenvalue weighted by atomic mass is 32.2. The number of nitrogens with one attached hydrogen (secondary N) is 1. The smallest absolute Gasteiger partial charge is 0.341 e. The molecule has 3 aromatic rings.